The van der Waals surface area contributed by atoms with Gasteiger partial charge in [-0.25, -0.2) is 0 Å². The molecular weight excluding hydrogens is 282 g/mol. The Morgan fingerprint density at radius 3 is 2.82 bits per heavy atom. The molecule has 0 radical (unpaired) electrons. The zero-order valence-corrected chi connectivity index (χ0v) is 13.4. The van der Waals surface area contributed by atoms with E-state index in [1.807, 2.05) is 6.92 Å². The minimum Gasteiger partial charge on any atom is -0.490 e. The van der Waals surface area contributed by atoms with E-state index in [9.17, 15) is 9.59 Å². The predicted molar refractivity (Wildman–Crippen MR) is 84.9 cm³/mol. The van der Waals surface area contributed by atoms with Crippen LogP contribution >= 0.6 is 0 Å². The largest absolute Gasteiger partial charge is 0.490 e. The number of carbonyl (C=O) groups is 2. The minimum absolute atomic E-state index is 0.00795. The molecule has 0 unspecified atom stereocenters. The van der Waals surface area contributed by atoms with Crippen LogP contribution in [0, 0.1) is 5.92 Å². The molecule has 5 heteroatoms. The third kappa shape index (κ3) is 3.59. The second-order valence-corrected chi connectivity index (χ2v) is 5.85. The van der Waals surface area contributed by atoms with Crippen LogP contribution in [-0.2, 0) is 4.79 Å². The van der Waals surface area contributed by atoms with Gasteiger partial charge in [-0.1, -0.05) is 20.8 Å². The Morgan fingerprint density at radius 2 is 2.18 bits per heavy atom. The highest BCUT2D eigenvalue weighted by Crippen LogP contribution is 2.41. The van der Waals surface area contributed by atoms with Crippen molar-refractivity contribution in [3.05, 3.63) is 17.7 Å². The topological polar surface area (TPSA) is 55.8 Å². The van der Waals surface area contributed by atoms with Crippen molar-refractivity contribution in [3.8, 4) is 11.5 Å². The number of benzene rings is 1. The van der Waals surface area contributed by atoms with E-state index in [-0.39, 0.29) is 12.5 Å². The maximum atomic E-state index is 12.2. The molecule has 22 heavy (non-hydrogen) atoms. The molecule has 1 aliphatic heterocycles. The van der Waals surface area contributed by atoms with Crippen molar-refractivity contribution in [2.24, 2.45) is 5.92 Å². The molecule has 0 aromatic heterocycles. The molecule has 1 aliphatic rings. The summed E-state index contributed by atoms with van der Waals surface area (Å²) in [5.41, 5.74) is 1.12. The van der Waals surface area contributed by atoms with Gasteiger partial charge in [-0.15, -0.1) is 0 Å². The number of amides is 1. The number of ether oxygens (including phenoxy) is 2. The summed E-state index contributed by atoms with van der Waals surface area (Å²) >= 11 is 0. The van der Waals surface area contributed by atoms with Crippen LogP contribution in [0.2, 0.25) is 0 Å². The Hall–Kier alpha value is -2.04. The standard InChI is InChI=1S/C17H23NO4/c1-4-7-21-15-9-13(10-19)8-14-17(15)22-11-16(20)18(14)6-5-12(2)3/h8-10,12H,4-7,11H2,1-3H3. The van der Waals surface area contributed by atoms with Gasteiger partial charge in [-0.05, 0) is 30.9 Å². The van der Waals surface area contributed by atoms with Gasteiger partial charge in [0.15, 0.2) is 18.1 Å². The number of hydrogen-bond donors (Lipinski definition) is 0. The molecule has 0 saturated carbocycles. The van der Waals surface area contributed by atoms with E-state index < -0.39 is 0 Å². The van der Waals surface area contributed by atoms with Crippen molar-refractivity contribution in [2.75, 3.05) is 24.7 Å². The van der Waals surface area contributed by atoms with Gasteiger partial charge in [0.1, 0.15) is 6.29 Å². The number of aldehydes is 1. The summed E-state index contributed by atoms with van der Waals surface area (Å²) in [4.78, 5) is 25.0. The lowest BCUT2D eigenvalue weighted by Crippen LogP contribution is -2.40. The Bertz CT molecular complexity index is 554. The monoisotopic (exact) mass is 305 g/mol. The van der Waals surface area contributed by atoms with E-state index in [1.54, 1.807) is 17.0 Å². The Labute approximate surface area is 131 Å². The van der Waals surface area contributed by atoms with Gasteiger partial charge in [-0.3, -0.25) is 9.59 Å². The summed E-state index contributed by atoms with van der Waals surface area (Å²) in [6.07, 6.45) is 2.51. The Kier molecular flexibility index (Phi) is 5.41. The van der Waals surface area contributed by atoms with Crippen LogP contribution in [0.15, 0.2) is 12.1 Å². The van der Waals surface area contributed by atoms with Gasteiger partial charge in [0, 0.05) is 12.1 Å². The maximum absolute atomic E-state index is 12.2. The van der Waals surface area contributed by atoms with Crippen LogP contribution < -0.4 is 14.4 Å². The van der Waals surface area contributed by atoms with Crippen molar-refractivity contribution in [1.82, 2.24) is 0 Å². The summed E-state index contributed by atoms with van der Waals surface area (Å²) in [5, 5.41) is 0. The molecule has 0 bridgehead atoms. The van der Waals surface area contributed by atoms with Gasteiger partial charge in [0.25, 0.3) is 5.91 Å². The normalized spacial score (nSPS) is 13.8. The van der Waals surface area contributed by atoms with E-state index >= 15 is 0 Å². The van der Waals surface area contributed by atoms with E-state index in [2.05, 4.69) is 13.8 Å². The molecule has 120 valence electrons. The van der Waals surface area contributed by atoms with Crippen molar-refractivity contribution in [2.45, 2.75) is 33.6 Å². The average molecular weight is 305 g/mol. The molecule has 2 rings (SSSR count). The second kappa shape index (κ2) is 7.29. The third-order valence-electron chi connectivity index (χ3n) is 3.52. The zero-order chi connectivity index (χ0) is 16.1. The van der Waals surface area contributed by atoms with Gasteiger partial charge in [-0.2, -0.15) is 0 Å². The molecule has 0 N–H and O–H groups in total. The van der Waals surface area contributed by atoms with Crippen LogP contribution in [0.25, 0.3) is 0 Å². The molecular formula is C17H23NO4. The molecule has 0 saturated heterocycles. The predicted octanol–water partition coefficient (Wildman–Crippen LogP) is 3.06. The summed E-state index contributed by atoms with van der Waals surface area (Å²) < 4.78 is 11.3. The first-order valence-corrected chi connectivity index (χ1v) is 7.76. The van der Waals surface area contributed by atoms with Crippen LogP contribution in [0.3, 0.4) is 0 Å². The highest BCUT2D eigenvalue weighted by Gasteiger charge is 2.28. The van der Waals surface area contributed by atoms with Crippen LogP contribution in [0.5, 0.6) is 11.5 Å². The first-order chi connectivity index (χ1) is 10.6. The van der Waals surface area contributed by atoms with Crippen molar-refractivity contribution < 1.29 is 19.1 Å². The summed E-state index contributed by atoms with van der Waals surface area (Å²) in [6.45, 7) is 7.40. The first kappa shape index (κ1) is 16.3. The highest BCUT2D eigenvalue weighted by molar-refractivity contribution is 5.99. The van der Waals surface area contributed by atoms with Gasteiger partial charge in [0.05, 0.1) is 12.3 Å². The number of fused-ring (bicyclic) bond motifs is 1. The fraction of sp³-hybridized carbons (Fsp3) is 0.529. The number of hydrogen-bond acceptors (Lipinski definition) is 4. The lowest BCUT2D eigenvalue weighted by atomic mass is 10.1. The van der Waals surface area contributed by atoms with Gasteiger partial charge in [0.2, 0.25) is 0 Å². The molecule has 0 spiro atoms. The highest BCUT2D eigenvalue weighted by atomic mass is 16.5. The van der Waals surface area contributed by atoms with E-state index in [4.69, 9.17) is 9.47 Å². The van der Waals surface area contributed by atoms with Crippen molar-refractivity contribution in [3.63, 3.8) is 0 Å². The summed E-state index contributed by atoms with van der Waals surface area (Å²) in [6, 6.07) is 3.36. The minimum atomic E-state index is -0.0855. The molecule has 0 aliphatic carbocycles. The third-order valence-corrected chi connectivity index (χ3v) is 3.52. The van der Waals surface area contributed by atoms with Crippen LogP contribution in [0.1, 0.15) is 44.0 Å². The number of rotatable bonds is 7. The molecule has 1 amide bonds. The zero-order valence-electron chi connectivity index (χ0n) is 13.4. The fourth-order valence-corrected chi connectivity index (χ4v) is 2.32. The number of carbonyl (C=O) groups excluding carboxylic acids is 2. The van der Waals surface area contributed by atoms with Gasteiger partial charge < -0.3 is 14.4 Å². The molecule has 1 aromatic carbocycles. The van der Waals surface area contributed by atoms with Crippen LogP contribution in [-0.4, -0.2) is 32.0 Å². The first-order valence-electron chi connectivity index (χ1n) is 7.76. The molecule has 0 fully saturated rings. The number of anilines is 1. The molecule has 1 heterocycles. The molecule has 5 nitrogen and oxygen atoms in total. The SMILES string of the molecule is CCCOc1cc(C=O)cc2c1OCC(=O)N2CCC(C)C. The van der Waals surface area contributed by atoms with E-state index in [1.165, 1.54) is 0 Å². The second-order valence-electron chi connectivity index (χ2n) is 5.85. The summed E-state index contributed by atoms with van der Waals surface area (Å²) in [7, 11) is 0. The Morgan fingerprint density at radius 1 is 1.41 bits per heavy atom. The number of nitrogens with zero attached hydrogens (tertiary/aromatic N) is 1. The fourth-order valence-electron chi connectivity index (χ4n) is 2.32. The van der Waals surface area contributed by atoms with Crippen molar-refractivity contribution >= 4 is 17.9 Å². The summed E-state index contributed by atoms with van der Waals surface area (Å²) in [5.74, 6) is 1.49. The maximum Gasteiger partial charge on any atom is 0.265 e. The van der Waals surface area contributed by atoms with Crippen LogP contribution in [0.4, 0.5) is 5.69 Å². The molecule has 0 atom stereocenters. The molecule has 1 aromatic rings. The van der Waals surface area contributed by atoms with E-state index in [0.29, 0.717) is 41.8 Å². The van der Waals surface area contributed by atoms with E-state index in [0.717, 1.165) is 19.1 Å². The average Bonchev–Trinajstić information content (AvgIpc) is 2.50. The quantitative estimate of drug-likeness (QED) is 0.727. The lowest BCUT2D eigenvalue weighted by Gasteiger charge is -2.31. The Balaban J connectivity index is 2.38. The smallest absolute Gasteiger partial charge is 0.265 e. The van der Waals surface area contributed by atoms with Gasteiger partial charge >= 0.3 is 0 Å². The lowest BCUT2D eigenvalue weighted by molar-refractivity contribution is -0.121. The van der Waals surface area contributed by atoms with Crippen molar-refractivity contribution in [1.29, 1.82) is 0 Å².